The van der Waals surface area contributed by atoms with Crippen LogP contribution in [0.5, 0.6) is 0 Å². The van der Waals surface area contributed by atoms with Gasteiger partial charge in [-0.3, -0.25) is 18.7 Å². The average molecular weight is 413 g/mol. The molecule has 0 radical (unpaired) electrons. The Bertz CT molecular complexity index is 875. The number of anilines is 1. The van der Waals surface area contributed by atoms with Gasteiger partial charge in [0.1, 0.15) is 0 Å². The van der Waals surface area contributed by atoms with E-state index in [0.717, 1.165) is 40.2 Å². The van der Waals surface area contributed by atoms with E-state index < -0.39 is 23.4 Å². The zero-order valence-corrected chi connectivity index (χ0v) is 17.4. The minimum Gasteiger partial charge on any atom is -0.288 e. The van der Waals surface area contributed by atoms with Crippen molar-refractivity contribution in [3.8, 4) is 0 Å². The molecule has 2 aromatic carbocycles. The Kier molecular flexibility index (Phi) is 6.71. The molecule has 1 aliphatic rings. The first-order chi connectivity index (χ1) is 14.0. The third-order valence-electron chi connectivity index (χ3n) is 4.77. The molecular formula is C22H24N2O4S. The molecule has 1 heterocycles. The van der Waals surface area contributed by atoms with E-state index in [4.69, 9.17) is 4.18 Å². The Hall–Kier alpha value is -2.64. The van der Waals surface area contributed by atoms with Crippen LogP contribution < -0.4 is 4.90 Å². The van der Waals surface area contributed by atoms with Crippen LogP contribution in [0.1, 0.15) is 25.3 Å². The monoisotopic (exact) mass is 412 g/mol. The van der Waals surface area contributed by atoms with Crippen molar-refractivity contribution in [2.45, 2.75) is 31.8 Å². The molecule has 0 N–H and O–H groups in total. The summed E-state index contributed by atoms with van der Waals surface area (Å²) in [4.78, 5) is 41.6. The lowest BCUT2D eigenvalue weighted by Gasteiger charge is -2.41. The lowest BCUT2D eigenvalue weighted by Crippen LogP contribution is -2.69. The van der Waals surface area contributed by atoms with E-state index in [9.17, 15) is 14.4 Å². The van der Waals surface area contributed by atoms with Crippen molar-refractivity contribution in [2.24, 2.45) is 0 Å². The van der Waals surface area contributed by atoms with E-state index >= 15 is 0 Å². The number of carbonyl (C=O) groups is 3. The molecule has 1 fully saturated rings. The minimum absolute atomic E-state index is 0.0472. The molecule has 152 valence electrons. The van der Waals surface area contributed by atoms with Gasteiger partial charge in [0.25, 0.3) is 11.8 Å². The van der Waals surface area contributed by atoms with Gasteiger partial charge >= 0.3 is 6.03 Å². The van der Waals surface area contributed by atoms with Crippen molar-refractivity contribution in [2.75, 3.05) is 17.7 Å². The first kappa shape index (κ1) is 21.1. The van der Waals surface area contributed by atoms with Gasteiger partial charge in [0.2, 0.25) is 5.60 Å². The summed E-state index contributed by atoms with van der Waals surface area (Å²) in [7, 11) is 1.38. The second-order valence-corrected chi connectivity index (χ2v) is 7.68. The Morgan fingerprint density at radius 3 is 2.17 bits per heavy atom. The van der Waals surface area contributed by atoms with Gasteiger partial charge in [-0.15, -0.1) is 0 Å². The summed E-state index contributed by atoms with van der Waals surface area (Å²) >= 11 is 1.10. The van der Waals surface area contributed by atoms with Gasteiger partial charge in [-0.2, -0.15) is 0 Å². The third kappa shape index (κ3) is 4.21. The summed E-state index contributed by atoms with van der Waals surface area (Å²) in [6.07, 6.45) is 1.91. The van der Waals surface area contributed by atoms with E-state index in [2.05, 4.69) is 6.92 Å². The lowest BCUT2D eigenvalue weighted by atomic mass is 9.89. The van der Waals surface area contributed by atoms with Crippen molar-refractivity contribution in [1.82, 2.24) is 4.90 Å². The zero-order chi connectivity index (χ0) is 20.9. The molecule has 1 aliphatic heterocycles. The van der Waals surface area contributed by atoms with Crippen molar-refractivity contribution < 1.29 is 18.6 Å². The Labute approximate surface area is 175 Å². The predicted octanol–water partition coefficient (Wildman–Crippen LogP) is 4.06. The number of para-hydroxylation sites is 1. The average Bonchev–Trinajstić information content (AvgIpc) is 2.75. The minimum atomic E-state index is -1.81. The first-order valence-electron chi connectivity index (χ1n) is 9.57. The van der Waals surface area contributed by atoms with Gasteiger partial charge in [0, 0.05) is 19.2 Å². The van der Waals surface area contributed by atoms with Crippen LogP contribution in [0.4, 0.5) is 10.5 Å². The molecule has 0 saturated carbocycles. The molecular weight excluding hydrogens is 388 g/mol. The molecule has 0 aliphatic carbocycles. The lowest BCUT2D eigenvalue weighted by molar-refractivity contribution is -0.154. The maximum atomic E-state index is 13.6. The summed E-state index contributed by atoms with van der Waals surface area (Å²) in [5, 5.41) is 0. The highest BCUT2D eigenvalue weighted by Gasteiger charge is 2.58. The standard InChI is InChI=1S/C22H24N2O4S/c1-3-4-15-29-28-22(16-17-11-7-5-8-12-17)19(25)23(2)21(27)24(20(22)26)18-13-9-6-10-14-18/h5-14H,3-4,15-16H2,1-2H3. The number of hydrogen-bond donors (Lipinski definition) is 0. The summed E-state index contributed by atoms with van der Waals surface area (Å²) in [5.41, 5.74) is -0.624. The molecule has 4 amide bonds. The van der Waals surface area contributed by atoms with Gasteiger partial charge in [-0.25, -0.2) is 9.69 Å². The van der Waals surface area contributed by atoms with Crippen molar-refractivity contribution >= 4 is 35.6 Å². The van der Waals surface area contributed by atoms with Crippen molar-refractivity contribution in [3.05, 3.63) is 66.2 Å². The number of carbonyl (C=O) groups excluding carboxylic acids is 3. The molecule has 0 spiro atoms. The fourth-order valence-corrected chi connectivity index (χ4v) is 4.04. The topological polar surface area (TPSA) is 66.9 Å². The number of unbranched alkanes of at least 4 members (excludes halogenated alkanes) is 1. The quantitative estimate of drug-likeness (QED) is 0.372. The Morgan fingerprint density at radius 2 is 1.55 bits per heavy atom. The molecule has 3 rings (SSSR count). The largest absolute Gasteiger partial charge is 0.337 e. The van der Waals surface area contributed by atoms with Crippen LogP contribution in [0.3, 0.4) is 0 Å². The molecule has 0 aromatic heterocycles. The predicted molar refractivity (Wildman–Crippen MR) is 113 cm³/mol. The van der Waals surface area contributed by atoms with Crippen LogP contribution in [0, 0.1) is 0 Å². The molecule has 7 heteroatoms. The number of barbiturate groups is 1. The SMILES string of the molecule is CCCCSOC1(Cc2ccccc2)C(=O)N(C)C(=O)N(c2ccccc2)C1=O. The maximum absolute atomic E-state index is 13.6. The molecule has 6 nitrogen and oxygen atoms in total. The van der Waals surface area contributed by atoms with Gasteiger partial charge in [-0.05, 0) is 36.2 Å². The van der Waals surface area contributed by atoms with Crippen molar-refractivity contribution in [3.63, 3.8) is 0 Å². The van der Waals surface area contributed by atoms with Crippen LogP contribution in [0.15, 0.2) is 60.7 Å². The van der Waals surface area contributed by atoms with Crippen LogP contribution in [-0.4, -0.2) is 41.1 Å². The van der Waals surface area contributed by atoms with Crippen LogP contribution in [-0.2, 0) is 20.2 Å². The maximum Gasteiger partial charge on any atom is 0.337 e. The fourth-order valence-electron chi connectivity index (χ4n) is 3.15. The number of benzene rings is 2. The van der Waals surface area contributed by atoms with Gasteiger partial charge in [0.15, 0.2) is 0 Å². The number of amides is 4. The number of nitrogens with zero attached hydrogens (tertiary/aromatic N) is 2. The second kappa shape index (κ2) is 9.24. The molecule has 2 aromatic rings. The van der Waals surface area contributed by atoms with E-state index in [-0.39, 0.29) is 6.42 Å². The number of likely N-dealkylation sites (N-methyl/N-ethyl adjacent to an activating group) is 1. The number of imide groups is 2. The summed E-state index contributed by atoms with van der Waals surface area (Å²) in [6.45, 7) is 2.06. The van der Waals surface area contributed by atoms with Gasteiger partial charge in [-0.1, -0.05) is 61.9 Å². The van der Waals surface area contributed by atoms with E-state index in [0.29, 0.717) is 11.4 Å². The molecule has 0 bridgehead atoms. The smallest absolute Gasteiger partial charge is 0.288 e. The third-order valence-corrected chi connectivity index (χ3v) is 5.63. The highest BCUT2D eigenvalue weighted by atomic mass is 32.2. The number of urea groups is 1. The summed E-state index contributed by atoms with van der Waals surface area (Å²) < 4.78 is 5.95. The second-order valence-electron chi connectivity index (χ2n) is 6.87. The van der Waals surface area contributed by atoms with Crippen LogP contribution >= 0.6 is 12.0 Å². The Morgan fingerprint density at radius 1 is 0.931 bits per heavy atom. The zero-order valence-electron chi connectivity index (χ0n) is 16.5. The summed E-state index contributed by atoms with van der Waals surface area (Å²) in [6, 6.07) is 17.1. The summed E-state index contributed by atoms with van der Waals surface area (Å²) in [5.74, 6) is -0.659. The normalized spacial score (nSPS) is 19.7. The fraction of sp³-hybridized carbons (Fsp3) is 0.318. The Balaban J connectivity index is 2.03. The molecule has 29 heavy (non-hydrogen) atoms. The van der Waals surface area contributed by atoms with Gasteiger partial charge in [0.05, 0.1) is 5.69 Å². The number of rotatable bonds is 8. The van der Waals surface area contributed by atoms with E-state index in [1.807, 2.05) is 30.3 Å². The van der Waals surface area contributed by atoms with Crippen LogP contribution in [0.2, 0.25) is 0 Å². The highest BCUT2D eigenvalue weighted by molar-refractivity contribution is 7.94. The van der Waals surface area contributed by atoms with Gasteiger partial charge < -0.3 is 0 Å². The highest BCUT2D eigenvalue weighted by Crippen LogP contribution is 2.34. The van der Waals surface area contributed by atoms with E-state index in [1.165, 1.54) is 7.05 Å². The van der Waals surface area contributed by atoms with Crippen LogP contribution in [0.25, 0.3) is 0 Å². The molecule has 1 saturated heterocycles. The number of hydrogen-bond acceptors (Lipinski definition) is 5. The first-order valence-corrected chi connectivity index (χ1v) is 10.5. The van der Waals surface area contributed by atoms with Crippen molar-refractivity contribution in [1.29, 1.82) is 0 Å². The molecule has 1 unspecified atom stereocenters. The molecule has 1 atom stereocenters. The van der Waals surface area contributed by atoms with E-state index in [1.54, 1.807) is 30.3 Å².